The molecule has 172 valence electrons. The third-order valence-corrected chi connectivity index (χ3v) is 7.22. The predicted octanol–water partition coefficient (Wildman–Crippen LogP) is 4.92. The summed E-state index contributed by atoms with van der Waals surface area (Å²) in [7, 11) is 0. The highest BCUT2D eigenvalue weighted by Crippen LogP contribution is 2.40. The molecule has 5 rings (SSSR count). The van der Waals surface area contributed by atoms with Crippen LogP contribution in [0.15, 0.2) is 55.3 Å². The first-order chi connectivity index (χ1) is 16.2. The zero-order chi connectivity index (χ0) is 22.8. The van der Waals surface area contributed by atoms with E-state index in [4.69, 9.17) is 5.10 Å². The molecule has 0 unspecified atom stereocenters. The van der Waals surface area contributed by atoms with Crippen molar-refractivity contribution in [2.45, 2.75) is 64.5 Å². The molecule has 6 nitrogen and oxygen atoms in total. The van der Waals surface area contributed by atoms with Crippen LogP contribution in [0, 0.1) is 0 Å². The number of piperidine rings is 1. The highest BCUT2D eigenvalue weighted by molar-refractivity contribution is 5.75. The Morgan fingerprint density at radius 3 is 2.70 bits per heavy atom. The Bertz CT molecular complexity index is 1110. The molecule has 2 aliphatic rings. The molecule has 4 heterocycles. The van der Waals surface area contributed by atoms with Gasteiger partial charge >= 0.3 is 0 Å². The van der Waals surface area contributed by atoms with Crippen LogP contribution in [-0.4, -0.2) is 38.9 Å². The number of nitrogens with zero attached hydrogens (tertiary/aromatic N) is 5. The molecule has 0 aliphatic carbocycles. The molecule has 33 heavy (non-hydrogen) atoms. The maximum absolute atomic E-state index is 4.78. The summed E-state index contributed by atoms with van der Waals surface area (Å²) < 4.78 is 2.17. The Kier molecular flexibility index (Phi) is 6.27. The van der Waals surface area contributed by atoms with Gasteiger partial charge in [-0.25, -0.2) is 9.97 Å². The summed E-state index contributed by atoms with van der Waals surface area (Å²) in [5.41, 5.74) is 7.63. The van der Waals surface area contributed by atoms with Gasteiger partial charge in [-0.05, 0) is 80.9 Å². The van der Waals surface area contributed by atoms with E-state index >= 15 is 0 Å². The first-order valence-electron chi connectivity index (χ1n) is 12.3. The lowest BCUT2D eigenvalue weighted by molar-refractivity contribution is 0.343. The molecule has 0 spiro atoms. The van der Waals surface area contributed by atoms with Gasteiger partial charge < -0.3 is 10.2 Å². The van der Waals surface area contributed by atoms with Gasteiger partial charge in [0.05, 0.1) is 12.2 Å². The molecule has 1 saturated heterocycles. The maximum atomic E-state index is 4.78. The van der Waals surface area contributed by atoms with Crippen molar-refractivity contribution in [1.29, 1.82) is 0 Å². The Balaban J connectivity index is 1.59. The highest BCUT2D eigenvalue weighted by atomic mass is 15.3. The van der Waals surface area contributed by atoms with Gasteiger partial charge in [0.15, 0.2) is 0 Å². The number of allylic oxidation sites excluding steroid dienone is 1. The molecule has 1 fully saturated rings. The van der Waals surface area contributed by atoms with Crippen molar-refractivity contribution >= 4 is 5.69 Å². The number of rotatable bonds is 6. The fourth-order valence-electron chi connectivity index (χ4n) is 5.36. The van der Waals surface area contributed by atoms with Gasteiger partial charge in [0.2, 0.25) is 0 Å². The standard InChI is InChI=1S/C27H34N6/c1-4-19(2)33-20(3)6-7-24-25(16-27-29-12-5-13-30-27)23(8-9-26(24)33)21-17-31-32(18-21)22-10-14-28-15-11-22/h5,8-9,12-13,17-18,20,22,28H,2,4,6-7,10-11,14-16H2,1,3H3/t20-/m0/s1. The molecule has 0 saturated carbocycles. The molecule has 0 bridgehead atoms. The van der Waals surface area contributed by atoms with Crippen molar-refractivity contribution in [3.63, 3.8) is 0 Å². The molecule has 1 atom stereocenters. The summed E-state index contributed by atoms with van der Waals surface area (Å²) in [6.45, 7) is 11.0. The van der Waals surface area contributed by atoms with E-state index in [0.29, 0.717) is 12.1 Å². The maximum Gasteiger partial charge on any atom is 0.132 e. The fraction of sp³-hybridized carbons (Fsp3) is 0.444. The Hall–Kier alpha value is -2.99. The zero-order valence-corrected chi connectivity index (χ0v) is 19.8. The Morgan fingerprint density at radius 2 is 1.94 bits per heavy atom. The van der Waals surface area contributed by atoms with Gasteiger partial charge in [-0.15, -0.1) is 0 Å². The lowest BCUT2D eigenvalue weighted by atomic mass is 9.86. The second-order valence-corrected chi connectivity index (χ2v) is 9.30. The number of aromatic nitrogens is 4. The summed E-state index contributed by atoms with van der Waals surface area (Å²) in [5.74, 6) is 0.859. The normalized spacial score (nSPS) is 18.8. The largest absolute Gasteiger partial charge is 0.343 e. The minimum absolute atomic E-state index is 0.458. The van der Waals surface area contributed by atoms with E-state index in [9.17, 15) is 0 Å². The SMILES string of the molecule is C=C(CC)N1c2ccc(-c3cnn(C4CCNCC4)c3)c(Cc3ncccn3)c2CC[C@@H]1C. The third-order valence-electron chi connectivity index (χ3n) is 7.22. The monoisotopic (exact) mass is 442 g/mol. The summed E-state index contributed by atoms with van der Waals surface area (Å²) in [6, 6.07) is 7.37. The van der Waals surface area contributed by atoms with Gasteiger partial charge in [-0.1, -0.05) is 19.6 Å². The second kappa shape index (κ2) is 9.48. The van der Waals surface area contributed by atoms with E-state index in [0.717, 1.165) is 57.4 Å². The van der Waals surface area contributed by atoms with Crippen LogP contribution in [0.3, 0.4) is 0 Å². The minimum atomic E-state index is 0.458. The van der Waals surface area contributed by atoms with Crippen LogP contribution in [0.25, 0.3) is 11.1 Å². The minimum Gasteiger partial charge on any atom is -0.343 e. The number of anilines is 1. The van der Waals surface area contributed by atoms with Crippen LogP contribution in [0.2, 0.25) is 0 Å². The fourth-order valence-corrected chi connectivity index (χ4v) is 5.36. The van der Waals surface area contributed by atoms with E-state index in [1.165, 1.54) is 33.6 Å². The van der Waals surface area contributed by atoms with Crippen LogP contribution in [0.1, 0.15) is 62.5 Å². The van der Waals surface area contributed by atoms with E-state index in [2.05, 4.69) is 63.6 Å². The average molecular weight is 443 g/mol. The number of benzene rings is 1. The summed E-state index contributed by atoms with van der Waals surface area (Å²) in [4.78, 5) is 11.5. The molecular weight excluding hydrogens is 408 g/mol. The average Bonchev–Trinajstić information content (AvgIpc) is 3.35. The highest BCUT2D eigenvalue weighted by Gasteiger charge is 2.28. The van der Waals surface area contributed by atoms with Gasteiger partial charge in [-0.3, -0.25) is 4.68 Å². The lowest BCUT2D eigenvalue weighted by Crippen LogP contribution is -2.36. The van der Waals surface area contributed by atoms with Crippen LogP contribution < -0.4 is 10.2 Å². The smallest absolute Gasteiger partial charge is 0.132 e. The van der Waals surface area contributed by atoms with Crippen LogP contribution >= 0.6 is 0 Å². The van der Waals surface area contributed by atoms with Crippen molar-refractivity contribution in [1.82, 2.24) is 25.1 Å². The molecule has 2 aliphatic heterocycles. The second-order valence-electron chi connectivity index (χ2n) is 9.30. The van der Waals surface area contributed by atoms with Crippen molar-refractivity contribution in [3.8, 4) is 11.1 Å². The lowest BCUT2D eigenvalue weighted by Gasteiger charge is -2.39. The van der Waals surface area contributed by atoms with Crippen LogP contribution in [0.4, 0.5) is 5.69 Å². The summed E-state index contributed by atoms with van der Waals surface area (Å²) in [6.07, 6.45) is 14.0. The Morgan fingerprint density at radius 1 is 1.15 bits per heavy atom. The quantitative estimate of drug-likeness (QED) is 0.587. The summed E-state index contributed by atoms with van der Waals surface area (Å²) in [5, 5.41) is 8.23. The molecular formula is C27H34N6. The zero-order valence-electron chi connectivity index (χ0n) is 19.8. The van der Waals surface area contributed by atoms with Crippen LogP contribution in [-0.2, 0) is 12.8 Å². The molecule has 3 aromatic rings. The predicted molar refractivity (Wildman–Crippen MR) is 133 cm³/mol. The molecule has 2 aromatic heterocycles. The van der Waals surface area contributed by atoms with Crippen molar-refractivity contribution in [2.75, 3.05) is 18.0 Å². The van der Waals surface area contributed by atoms with Crippen molar-refractivity contribution in [3.05, 3.63) is 72.2 Å². The van der Waals surface area contributed by atoms with Crippen molar-refractivity contribution in [2.24, 2.45) is 0 Å². The molecule has 1 aromatic carbocycles. The third kappa shape index (κ3) is 4.32. The van der Waals surface area contributed by atoms with Crippen LogP contribution in [0.5, 0.6) is 0 Å². The molecule has 0 amide bonds. The van der Waals surface area contributed by atoms with E-state index in [1.54, 1.807) is 0 Å². The van der Waals surface area contributed by atoms with Gasteiger partial charge in [0, 0.05) is 48.0 Å². The topological polar surface area (TPSA) is 58.9 Å². The first-order valence-corrected chi connectivity index (χ1v) is 12.3. The van der Waals surface area contributed by atoms with Gasteiger partial charge in [0.1, 0.15) is 5.82 Å². The number of fused-ring (bicyclic) bond motifs is 1. The molecule has 0 radical (unpaired) electrons. The van der Waals surface area contributed by atoms with Gasteiger partial charge in [-0.2, -0.15) is 5.10 Å². The number of hydrogen-bond donors (Lipinski definition) is 1. The van der Waals surface area contributed by atoms with E-state index in [1.807, 2.05) is 24.7 Å². The van der Waals surface area contributed by atoms with Gasteiger partial charge in [0.25, 0.3) is 0 Å². The Labute approximate surface area is 196 Å². The molecule has 1 N–H and O–H groups in total. The first kappa shape index (κ1) is 21.8. The number of hydrogen-bond acceptors (Lipinski definition) is 5. The van der Waals surface area contributed by atoms with Crippen molar-refractivity contribution < 1.29 is 0 Å². The van der Waals surface area contributed by atoms with E-state index < -0.39 is 0 Å². The number of nitrogens with one attached hydrogen (secondary N) is 1. The van der Waals surface area contributed by atoms with E-state index in [-0.39, 0.29) is 0 Å². The summed E-state index contributed by atoms with van der Waals surface area (Å²) >= 11 is 0. The molecule has 6 heteroatoms.